The number of hydrogen-bond donors (Lipinski definition) is 1. The van der Waals surface area contributed by atoms with Crippen LogP contribution in [-0.4, -0.2) is 0 Å². The zero-order valence-corrected chi connectivity index (χ0v) is 26.2. The SMILES string of the molecule is c1ccc(-c2ccc(Nc3c(-c4ccccc4)cccc3-c3ccc4c(c3)oc3c5ccccc5c(-c5ccccc5)cc43)cc2)cc1. The van der Waals surface area contributed by atoms with Crippen LogP contribution in [0.15, 0.2) is 186 Å². The molecule has 9 aromatic rings. The van der Waals surface area contributed by atoms with Gasteiger partial charge in [-0.05, 0) is 69.1 Å². The molecule has 1 N–H and O–H groups in total. The van der Waals surface area contributed by atoms with Gasteiger partial charge in [-0.1, -0.05) is 152 Å². The largest absolute Gasteiger partial charge is 0.455 e. The molecule has 0 bridgehead atoms. The standard InChI is InChI=1S/C46H31NO/c1-4-13-31(14-5-1)32-23-26-36(27-24-32)47-45-37(33-15-6-2-7-16-33)21-12-22-38(45)35-25-28-40-43-30-42(34-17-8-3-9-18-34)39-19-10-11-20-41(39)46(43)48-44(40)29-35/h1-30,47H. The molecule has 0 saturated heterocycles. The summed E-state index contributed by atoms with van der Waals surface area (Å²) < 4.78 is 6.73. The summed E-state index contributed by atoms with van der Waals surface area (Å²) in [6, 6.07) is 64.4. The van der Waals surface area contributed by atoms with E-state index in [4.69, 9.17) is 4.42 Å². The molecule has 0 aliphatic rings. The van der Waals surface area contributed by atoms with Gasteiger partial charge >= 0.3 is 0 Å². The summed E-state index contributed by atoms with van der Waals surface area (Å²) in [5.41, 5.74) is 13.2. The number of para-hydroxylation sites is 1. The van der Waals surface area contributed by atoms with E-state index in [0.29, 0.717) is 0 Å². The molecule has 0 spiro atoms. The third-order valence-corrected chi connectivity index (χ3v) is 9.29. The van der Waals surface area contributed by atoms with Gasteiger partial charge in [0.15, 0.2) is 0 Å². The Morgan fingerprint density at radius 1 is 0.333 bits per heavy atom. The Hall–Kier alpha value is -6.38. The van der Waals surface area contributed by atoms with Gasteiger partial charge in [-0.2, -0.15) is 0 Å². The van der Waals surface area contributed by atoms with Crippen LogP contribution in [0.2, 0.25) is 0 Å². The van der Waals surface area contributed by atoms with Crippen molar-refractivity contribution in [3.8, 4) is 44.5 Å². The Balaban J connectivity index is 1.19. The summed E-state index contributed by atoms with van der Waals surface area (Å²) in [7, 11) is 0. The molecule has 226 valence electrons. The second-order valence-electron chi connectivity index (χ2n) is 12.2. The van der Waals surface area contributed by atoms with Crippen LogP contribution in [0.1, 0.15) is 0 Å². The van der Waals surface area contributed by atoms with Crippen LogP contribution in [0.5, 0.6) is 0 Å². The lowest BCUT2D eigenvalue weighted by Crippen LogP contribution is -1.97. The molecule has 2 nitrogen and oxygen atoms in total. The second-order valence-corrected chi connectivity index (χ2v) is 12.2. The maximum absolute atomic E-state index is 6.73. The molecule has 0 saturated carbocycles. The molecule has 0 aliphatic heterocycles. The van der Waals surface area contributed by atoms with Crippen LogP contribution in [-0.2, 0) is 0 Å². The van der Waals surface area contributed by atoms with E-state index in [9.17, 15) is 0 Å². The van der Waals surface area contributed by atoms with Crippen molar-refractivity contribution in [1.82, 2.24) is 0 Å². The van der Waals surface area contributed by atoms with Crippen LogP contribution in [0.4, 0.5) is 11.4 Å². The molecule has 9 rings (SSSR count). The lowest BCUT2D eigenvalue weighted by atomic mass is 9.94. The van der Waals surface area contributed by atoms with Gasteiger partial charge in [-0.15, -0.1) is 0 Å². The highest BCUT2D eigenvalue weighted by molar-refractivity contribution is 6.19. The van der Waals surface area contributed by atoms with E-state index >= 15 is 0 Å². The molecular formula is C46H31NO. The van der Waals surface area contributed by atoms with Gasteiger partial charge < -0.3 is 9.73 Å². The Morgan fingerprint density at radius 2 is 0.875 bits per heavy atom. The van der Waals surface area contributed by atoms with E-state index in [1.54, 1.807) is 0 Å². The van der Waals surface area contributed by atoms with Crippen molar-refractivity contribution in [2.45, 2.75) is 0 Å². The summed E-state index contributed by atoms with van der Waals surface area (Å²) >= 11 is 0. The van der Waals surface area contributed by atoms with Crippen molar-refractivity contribution in [1.29, 1.82) is 0 Å². The Kier molecular flexibility index (Phi) is 6.84. The van der Waals surface area contributed by atoms with Crippen molar-refractivity contribution in [3.63, 3.8) is 0 Å². The number of furan rings is 1. The topological polar surface area (TPSA) is 25.2 Å². The van der Waals surface area contributed by atoms with Crippen molar-refractivity contribution in [3.05, 3.63) is 182 Å². The molecular weight excluding hydrogens is 583 g/mol. The van der Waals surface area contributed by atoms with E-state index in [0.717, 1.165) is 61.0 Å². The third kappa shape index (κ3) is 4.92. The van der Waals surface area contributed by atoms with Crippen LogP contribution in [0.25, 0.3) is 77.2 Å². The van der Waals surface area contributed by atoms with Gasteiger partial charge in [0.1, 0.15) is 11.2 Å². The van der Waals surface area contributed by atoms with Crippen molar-refractivity contribution < 1.29 is 4.42 Å². The van der Waals surface area contributed by atoms with Gasteiger partial charge in [0, 0.05) is 33.0 Å². The predicted molar refractivity (Wildman–Crippen MR) is 203 cm³/mol. The molecule has 2 heteroatoms. The van der Waals surface area contributed by atoms with Gasteiger partial charge in [0.2, 0.25) is 0 Å². The number of fused-ring (bicyclic) bond motifs is 5. The molecule has 1 aromatic heterocycles. The lowest BCUT2D eigenvalue weighted by Gasteiger charge is -2.18. The van der Waals surface area contributed by atoms with Gasteiger partial charge in [0.05, 0.1) is 5.69 Å². The first-order valence-electron chi connectivity index (χ1n) is 16.3. The normalized spacial score (nSPS) is 11.3. The van der Waals surface area contributed by atoms with Gasteiger partial charge in [-0.3, -0.25) is 0 Å². The molecule has 0 radical (unpaired) electrons. The van der Waals surface area contributed by atoms with Crippen molar-refractivity contribution >= 4 is 44.1 Å². The fourth-order valence-electron chi connectivity index (χ4n) is 6.93. The van der Waals surface area contributed by atoms with Crippen molar-refractivity contribution in [2.75, 3.05) is 5.32 Å². The first kappa shape index (κ1) is 27.9. The Morgan fingerprint density at radius 3 is 1.56 bits per heavy atom. The Bertz CT molecular complexity index is 2550. The fourth-order valence-corrected chi connectivity index (χ4v) is 6.93. The molecule has 0 atom stereocenters. The zero-order chi connectivity index (χ0) is 31.9. The number of rotatable bonds is 6. The zero-order valence-electron chi connectivity index (χ0n) is 26.2. The quantitative estimate of drug-likeness (QED) is 0.202. The van der Waals surface area contributed by atoms with Crippen molar-refractivity contribution in [2.24, 2.45) is 0 Å². The van der Waals surface area contributed by atoms with Crippen LogP contribution >= 0.6 is 0 Å². The maximum atomic E-state index is 6.73. The second kappa shape index (κ2) is 11.8. The summed E-state index contributed by atoms with van der Waals surface area (Å²) in [5.74, 6) is 0. The summed E-state index contributed by atoms with van der Waals surface area (Å²) in [6.45, 7) is 0. The first-order valence-corrected chi connectivity index (χ1v) is 16.3. The number of benzene rings is 8. The average Bonchev–Trinajstić information content (AvgIpc) is 3.54. The number of hydrogen-bond acceptors (Lipinski definition) is 2. The fraction of sp³-hybridized carbons (Fsp3) is 0. The van der Waals surface area contributed by atoms with E-state index in [2.05, 4.69) is 181 Å². The summed E-state index contributed by atoms with van der Waals surface area (Å²) in [5, 5.41) is 8.37. The summed E-state index contributed by atoms with van der Waals surface area (Å²) in [6.07, 6.45) is 0. The number of nitrogens with one attached hydrogen (secondary N) is 1. The molecule has 48 heavy (non-hydrogen) atoms. The first-order chi connectivity index (χ1) is 23.8. The minimum Gasteiger partial charge on any atom is -0.455 e. The minimum atomic E-state index is 0.876. The number of anilines is 2. The van der Waals surface area contributed by atoms with E-state index < -0.39 is 0 Å². The monoisotopic (exact) mass is 613 g/mol. The van der Waals surface area contributed by atoms with Gasteiger partial charge in [0.25, 0.3) is 0 Å². The van der Waals surface area contributed by atoms with Gasteiger partial charge in [-0.25, -0.2) is 0 Å². The predicted octanol–water partition coefficient (Wildman–Crippen LogP) is 13.2. The molecule has 0 aliphatic carbocycles. The molecule has 8 aromatic carbocycles. The van der Waals surface area contributed by atoms with E-state index in [-0.39, 0.29) is 0 Å². The van der Waals surface area contributed by atoms with Crippen LogP contribution in [0, 0.1) is 0 Å². The summed E-state index contributed by atoms with van der Waals surface area (Å²) in [4.78, 5) is 0. The third-order valence-electron chi connectivity index (χ3n) is 9.29. The average molecular weight is 614 g/mol. The molecule has 0 unspecified atom stereocenters. The highest BCUT2D eigenvalue weighted by atomic mass is 16.3. The Labute approximate surface area is 279 Å². The lowest BCUT2D eigenvalue weighted by molar-refractivity contribution is 0.673. The van der Waals surface area contributed by atoms with E-state index in [1.165, 1.54) is 27.6 Å². The maximum Gasteiger partial charge on any atom is 0.143 e. The van der Waals surface area contributed by atoms with Crippen LogP contribution in [0.3, 0.4) is 0 Å². The van der Waals surface area contributed by atoms with Crippen LogP contribution < -0.4 is 5.32 Å². The minimum absolute atomic E-state index is 0.876. The molecule has 0 fully saturated rings. The molecule has 0 amide bonds. The smallest absolute Gasteiger partial charge is 0.143 e. The highest BCUT2D eigenvalue weighted by Crippen LogP contribution is 2.43. The molecule has 1 heterocycles. The highest BCUT2D eigenvalue weighted by Gasteiger charge is 2.17. The van der Waals surface area contributed by atoms with E-state index in [1.807, 2.05) is 6.07 Å².